The lowest BCUT2D eigenvalue weighted by Crippen LogP contribution is -2.27. The van der Waals surface area contributed by atoms with Crippen molar-refractivity contribution in [3.8, 4) is 5.75 Å². The van der Waals surface area contributed by atoms with E-state index in [0.717, 1.165) is 0 Å². The normalized spacial score (nSPS) is 16.8. The van der Waals surface area contributed by atoms with Crippen LogP contribution in [0.2, 0.25) is 0 Å². The highest BCUT2D eigenvalue weighted by Gasteiger charge is 2.28. The van der Waals surface area contributed by atoms with E-state index in [4.69, 9.17) is 0 Å². The summed E-state index contributed by atoms with van der Waals surface area (Å²) in [5.74, 6) is -0.213. The molecule has 0 radical (unpaired) electrons. The minimum atomic E-state index is -3.27. The topological polar surface area (TPSA) is 75.7 Å². The van der Waals surface area contributed by atoms with Gasteiger partial charge in [0.1, 0.15) is 5.75 Å². The molecule has 1 amide bonds. The molecule has 9 heteroatoms. The number of ether oxygens (including phenoxy) is 1. The lowest BCUT2D eigenvalue weighted by molar-refractivity contribution is -0.0499. The third-order valence-electron chi connectivity index (χ3n) is 4.45. The minimum absolute atomic E-state index is 0.0183. The van der Waals surface area contributed by atoms with Crippen molar-refractivity contribution >= 4 is 21.6 Å². The maximum atomic E-state index is 12.5. The fourth-order valence-corrected chi connectivity index (χ4v) is 4.60. The second-order valence-corrected chi connectivity index (χ2v) is 8.45. The second-order valence-electron chi connectivity index (χ2n) is 6.43. The van der Waals surface area contributed by atoms with Gasteiger partial charge in [-0.05, 0) is 55.3 Å². The van der Waals surface area contributed by atoms with Crippen LogP contribution in [0.25, 0.3) is 0 Å². The summed E-state index contributed by atoms with van der Waals surface area (Å²) in [5, 5.41) is 2.78. The number of benzene rings is 2. The van der Waals surface area contributed by atoms with Gasteiger partial charge in [-0.1, -0.05) is 12.1 Å². The highest BCUT2D eigenvalue weighted by Crippen LogP contribution is 2.25. The molecule has 0 bridgehead atoms. The average molecular weight is 410 g/mol. The van der Waals surface area contributed by atoms with Crippen molar-refractivity contribution in [1.29, 1.82) is 0 Å². The van der Waals surface area contributed by atoms with Crippen molar-refractivity contribution in [3.05, 3.63) is 59.7 Å². The lowest BCUT2D eigenvalue weighted by Gasteiger charge is -2.18. The zero-order valence-corrected chi connectivity index (χ0v) is 16.0. The molecular weight excluding hydrogens is 390 g/mol. The SMILES string of the molecule is CC(NC(=O)c1ccc(N2CCCS2(=O)=O)cc1)c1cccc(OC(F)F)c1. The van der Waals surface area contributed by atoms with E-state index in [2.05, 4.69) is 10.1 Å². The van der Waals surface area contributed by atoms with Crippen molar-refractivity contribution < 1.29 is 26.7 Å². The van der Waals surface area contributed by atoms with Crippen LogP contribution in [0.3, 0.4) is 0 Å². The Bertz CT molecular complexity index is 949. The van der Waals surface area contributed by atoms with Crippen LogP contribution in [0.4, 0.5) is 14.5 Å². The number of hydrogen-bond acceptors (Lipinski definition) is 4. The van der Waals surface area contributed by atoms with Crippen molar-refractivity contribution in [2.45, 2.75) is 26.0 Å². The van der Waals surface area contributed by atoms with Crippen molar-refractivity contribution in [2.75, 3.05) is 16.6 Å². The van der Waals surface area contributed by atoms with E-state index in [-0.39, 0.29) is 17.4 Å². The van der Waals surface area contributed by atoms with Crippen LogP contribution in [0.5, 0.6) is 5.75 Å². The third kappa shape index (κ3) is 4.59. The van der Waals surface area contributed by atoms with Crippen LogP contribution in [-0.2, 0) is 10.0 Å². The van der Waals surface area contributed by atoms with Gasteiger partial charge in [-0.15, -0.1) is 0 Å². The van der Waals surface area contributed by atoms with Gasteiger partial charge in [-0.2, -0.15) is 8.78 Å². The molecular formula is C19H20F2N2O4S. The fraction of sp³-hybridized carbons (Fsp3) is 0.316. The van der Waals surface area contributed by atoms with E-state index >= 15 is 0 Å². The summed E-state index contributed by atoms with van der Waals surface area (Å²) >= 11 is 0. The first kappa shape index (κ1) is 20.1. The second kappa shape index (κ2) is 8.14. The molecule has 0 spiro atoms. The predicted octanol–water partition coefficient (Wildman–Crippen LogP) is 3.32. The zero-order chi connectivity index (χ0) is 20.3. The Hall–Kier alpha value is -2.68. The summed E-state index contributed by atoms with van der Waals surface area (Å²) < 4.78 is 54.3. The molecule has 2 aromatic carbocycles. The number of halogens is 2. The number of alkyl halides is 2. The Morgan fingerprint density at radius 3 is 2.50 bits per heavy atom. The third-order valence-corrected chi connectivity index (χ3v) is 6.32. The summed E-state index contributed by atoms with van der Waals surface area (Å²) in [6.07, 6.45) is 0.580. The van der Waals surface area contributed by atoms with E-state index in [9.17, 15) is 22.0 Å². The molecule has 0 saturated carbocycles. The van der Waals surface area contributed by atoms with Crippen LogP contribution in [0.15, 0.2) is 48.5 Å². The predicted molar refractivity (Wildman–Crippen MR) is 101 cm³/mol. The van der Waals surface area contributed by atoms with Gasteiger partial charge in [0.2, 0.25) is 10.0 Å². The minimum Gasteiger partial charge on any atom is -0.435 e. The number of nitrogens with zero attached hydrogens (tertiary/aromatic N) is 1. The number of nitrogens with one attached hydrogen (secondary N) is 1. The number of amides is 1. The first-order chi connectivity index (χ1) is 13.3. The molecule has 0 aliphatic carbocycles. The fourth-order valence-electron chi connectivity index (χ4n) is 3.03. The van der Waals surface area contributed by atoms with Crippen LogP contribution >= 0.6 is 0 Å². The van der Waals surface area contributed by atoms with Crippen LogP contribution < -0.4 is 14.4 Å². The van der Waals surface area contributed by atoms with Gasteiger partial charge in [-0.3, -0.25) is 9.10 Å². The van der Waals surface area contributed by atoms with Gasteiger partial charge in [0, 0.05) is 12.1 Å². The molecule has 1 unspecified atom stereocenters. The molecule has 150 valence electrons. The maximum absolute atomic E-state index is 12.5. The highest BCUT2D eigenvalue weighted by molar-refractivity contribution is 7.93. The summed E-state index contributed by atoms with van der Waals surface area (Å²) in [5.41, 5.74) is 1.51. The molecule has 1 fully saturated rings. The van der Waals surface area contributed by atoms with E-state index in [1.54, 1.807) is 43.3 Å². The Morgan fingerprint density at radius 1 is 1.18 bits per heavy atom. The number of carbonyl (C=O) groups is 1. The average Bonchev–Trinajstić information content (AvgIpc) is 3.00. The standard InChI is InChI=1S/C19H20F2N2O4S/c1-13(15-4-2-5-17(12-15)27-19(20)21)22-18(24)14-6-8-16(9-7-14)23-10-3-11-28(23,25)26/h2,4-9,12-13,19H,3,10-11H2,1H3,(H,22,24). The van der Waals surface area contributed by atoms with Crippen molar-refractivity contribution in [3.63, 3.8) is 0 Å². The van der Waals surface area contributed by atoms with Gasteiger partial charge in [0.15, 0.2) is 0 Å². The first-order valence-electron chi connectivity index (χ1n) is 8.72. The Balaban J connectivity index is 1.67. The molecule has 1 saturated heterocycles. The Kier molecular flexibility index (Phi) is 5.83. The molecule has 1 N–H and O–H groups in total. The van der Waals surface area contributed by atoms with E-state index in [0.29, 0.717) is 29.8 Å². The summed E-state index contributed by atoms with van der Waals surface area (Å²) in [6.45, 7) is -0.759. The number of carbonyl (C=O) groups excluding carboxylic acids is 1. The number of anilines is 1. The molecule has 6 nitrogen and oxygen atoms in total. The monoisotopic (exact) mass is 410 g/mol. The Labute approximate surface area is 162 Å². The maximum Gasteiger partial charge on any atom is 0.387 e. The number of rotatable bonds is 6. The molecule has 1 aliphatic heterocycles. The van der Waals surface area contributed by atoms with Crippen LogP contribution in [0.1, 0.15) is 35.3 Å². The number of sulfonamides is 1. The summed E-state index contributed by atoms with van der Waals surface area (Å²) in [6, 6.07) is 12.0. The van der Waals surface area contributed by atoms with Crippen LogP contribution in [0, 0.1) is 0 Å². The van der Waals surface area contributed by atoms with Crippen LogP contribution in [-0.4, -0.2) is 33.2 Å². The zero-order valence-electron chi connectivity index (χ0n) is 15.1. The molecule has 2 aromatic rings. The molecule has 1 aliphatic rings. The van der Waals surface area contributed by atoms with Gasteiger partial charge in [0.25, 0.3) is 5.91 Å². The Morgan fingerprint density at radius 2 is 1.89 bits per heavy atom. The van der Waals surface area contributed by atoms with E-state index < -0.39 is 22.7 Å². The molecule has 0 aromatic heterocycles. The van der Waals surface area contributed by atoms with Gasteiger partial charge in [-0.25, -0.2) is 8.42 Å². The molecule has 28 heavy (non-hydrogen) atoms. The first-order valence-corrected chi connectivity index (χ1v) is 10.3. The van der Waals surface area contributed by atoms with E-state index in [1.807, 2.05) is 0 Å². The summed E-state index contributed by atoms with van der Waals surface area (Å²) in [4.78, 5) is 12.5. The van der Waals surface area contributed by atoms with Gasteiger partial charge >= 0.3 is 6.61 Å². The largest absolute Gasteiger partial charge is 0.435 e. The molecule has 3 rings (SSSR count). The van der Waals surface area contributed by atoms with Crippen molar-refractivity contribution in [1.82, 2.24) is 5.32 Å². The highest BCUT2D eigenvalue weighted by atomic mass is 32.2. The quantitative estimate of drug-likeness (QED) is 0.793. The lowest BCUT2D eigenvalue weighted by atomic mass is 10.1. The van der Waals surface area contributed by atoms with Gasteiger partial charge < -0.3 is 10.1 Å². The molecule has 1 heterocycles. The van der Waals surface area contributed by atoms with Crippen molar-refractivity contribution in [2.24, 2.45) is 0 Å². The molecule has 1 atom stereocenters. The summed E-state index contributed by atoms with van der Waals surface area (Å²) in [7, 11) is -3.27. The van der Waals surface area contributed by atoms with Gasteiger partial charge in [0.05, 0.1) is 17.5 Å². The van der Waals surface area contributed by atoms with E-state index in [1.165, 1.54) is 16.4 Å². The smallest absolute Gasteiger partial charge is 0.387 e. The number of hydrogen-bond donors (Lipinski definition) is 1.